The van der Waals surface area contributed by atoms with Crippen LogP contribution in [0.5, 0.6) is 0 Å². The van der Waals surface area contributed by atoms with E-state index < -0.39 is 0 Å². The molecule has 0 bridgehead atoms. The molecule has 17 heavy (non-hydrogen) atoms. The van der Waals surface area contributed by atoms with Gasteiger partial charge in [0.15, 0.2) is 0 Å². The zero-order chi connectivity index (χ0) is 12.7. The van der Waals surface area contributed by atoms with Gasteiger partial charge >= 0.3 is 0 Å². The van der Waals surface area contributed by atoms with Crippen LogP contribution >= 0.6 is 22.6 Å². The summed E-state index contributed by atoms with van der Waals surface area (Å²) in [7, 11) is 1.76. The van der Waals surface area contributed by atoms with Crippen LogP contribution in [0.2, 0.25) is 0 Å². The van der Waals surface area contributed by atoms with Crippen molar-refractivity contribution in [1.82, 2.24) is 4.90 Å². The molecular formula is C14H22INO. The molecule has 96 valence electrons. The summed E-state index contributed by atoms with van der Waals surface area (Å²) in [5.41, 5.74) is 1.38. The van der Waals surface area contributed by atoms with Gasteiger partial charge < -0.3 is 4.74 Å². The van der Waals surface area contributed by atoms with Gasteiger partial charge in [0, 0.05) is 29.8 Å². The van der Waals surface area contributed by atoms with E-state index in [1.807, 2.05) is 0 Å². The smallest absolute Gasteiger partial charge is 0.0589 e. The van der Waals surface area contributed by atoms with E-state index in [0.717, 1.165) is 19.7 Å². The van der Waals surface area contributed by atoms with Crippen molar-refractivity contribution in [1.29, 1.82) is 0 Å². The van der Waals surface area contributed by atoms with Gasteiger partial charge in [0.1, 0.15) is 0 Å². The molecule has 0 aliphatic carbocycles. The van der Waals surface area contributed by atoms with Crippen molar-refractivity contribution in [3.8, 4) is 0 Å². The molecular weight excluding hydrogens is 325 g/mol. The highest BCUT2D eigenvalue weighted by Gasteiger charge is 2.12. The van der Waals surface area contributed by atoms with Crippen LogP contribution in [0, 0.1) is 3.57 Å². The standard InChI is InChI=1S/C14H22INO/c1-4-12(2)16(9-10-17-3)11-13-5-7-14(15)8-6-13/h5-8,12H,4,9-11H2,1-3H3. The second-order valence-corrected chi connectivity index (χ2v) is 5.59. The molecule has 0 aliphatic heterocycles. The third-order valence-corrected chi connectivity index (χ3v) is 3.81. The van der Waals surface area contributed by atoms with Crippen LogP contribution in [-0.4, -0.2) is 31.2 Å². The lowest BCUT2D eigenvalue weighted by atomic mass is 10.1. The summed E-state index contributed by atoms with van der Waals surface area (Å²) < 4.78 is 6.47. The second-order valence-electron chi connectivity index (χ2n) is 4.35. The summed E-state index contributed by atoms with van der Waals surface area (Å²) in [4.78, 5) is 2.48. The zero-order valence-electron chi connectivity index (χ0n) is 10.9. The highest BCUT2D eigenvalue weighted by Crippen LogP contribution is 2.12. The normalized spacial score (nSPS) is 13.0. The summed E-state index contributed by atoms with van der Waals surface area (Å²) in [5.74, 6) is 0. The summed E-state index contributed by atoms with van der Waals surface area (Å²) in [6.45, 7) is 7.32. The number of nitrogens with zero attached hydrogens (tertiary/aromatic N) is 1. The van der Waals surface area contributed by atoms with E-state index in [2.05, 4.69) is 65.6 Å². The molecule has 0 heterocycles. The van der Waals surface area contributed by atoms with Crippen molar-refractivity contribution in [2.45, 2.75) is 32.9 Å². The number of hydrogen-bond donors (Lipinski definition) is 0. The van der Waals surface area contributed by atoms with Crippen molar-refractivity contribution >= 4 is 22.6 Å². The molecule has 0 saturated carbocycles. The quantitative estimate of drug-likeness (QED) is 0.700. The molecule has 1 aromatic carbocycles. The molecule has 1 rings (SSSR count). The number of ether oxygens (including phenoxy) is 1. The summed E-state index contributed by atoms with van der Waals surface area (Å²) >= 11 is 2.34. The van der Waals surface area contributed by atoms with Gasteiger partial charge in [-0.25, -0.2) is 0 Å². The van der Waals surface area contributed by atoms with E-state index >= 15 is 0 Å². The van der Waals surface area contributed by atoms with Gasteiger partial charge in [-0.1, -0.05) is 19.1 Å². The molecule has 0 saturated heterocycles. The van der Waals surface area contributed by atoms with E-state index in [-0.39, 0.29) is 0 Å². The Morgan fingerprint density at radius 2 is 1.94 bits per heavy atom. The monoisotopic (exact) mass is 347 g/mol. The molecule has 3 heteroatoms. The van der Waals surface area contributed by atoms with Crippen LogP contribution in [0.3, 0.4) is 0 Å². The van der Waals surface area contributed by atoms with Gasteiger partial charge in [-0.2, -0.15) is 0 Å². The first-order chi connectivity index (χ1) is 8.17. The van der Waals surface area contributed by atoms with Gasteiger partial charge in [-0.3, -0.25) is 4.90 Å². The van der Waals surface area contributed by atoms with E-state index in [4.69, 9.17) is 4.74 Å². The second kappa shape index (κ2) is 8.06. The SMILES string of the molecule is CCC(C)N(CCOC)Cc1ccc(I)cc1. The van der Waals surface area contributed by atoms with Crippen LogP contribution in [0.4, 0.5) is 0 Å². The molecule has 1 unspecified atom stereocenters. The van der Waals surface area contributed by atoms with E-state index in [1.54, 1.807) is 7.11 Å². The maximum Gasteiger partial charge on any atom is 0.0589 e. The lowest BCUT2D eigenvalue weighted by Gasteiger charge is -2.28. The first-order valence-corrected chi connectivity index (χ1v) is 7.22. The first-order valence-electron chi connectivity index (χ1n) is 6.14. The Kier molecular flexibility index (Phi) is 7.08. The number of halogens is 1. The van der Waals surface area contributed by atoms with Crippen LogP contribution < -0.4 is 0 Å². The zero-order valence-corrected chi connectivity index (χ0v) is 13.1. The molecule has 0 radical (unpaired) electrons. The fraction of sp³-hybridized carbons (Fsp3) is 0.571. The van der Waals surface area contributed by atoms with Crippen LogP contribution in [0.1, 0.15) is 25.8 Å². The summed E-state index contributed by atoms with van der Waals surface area (Å²) in [6.07, 6.45) is 1.17. The Morgan fingerprint density at radius 1 is 1.29 bits per heavy atom. The molecule has 0 fully saturated rings. The Balaban J connectivity index is 2.61. The number of rotatable bonds is 7. The molecule has 0 spiro atoms. The fourth-order valence-electron chi connectivity index (χ4n) is 1.75. The Morgan fingerprint density at radius 3 is 2.47 bits per heavy atom. The molecule has 0 amide bonds. The molecule has 1 aromatic rings. The first kappa shape index (κ1) is 14.9. The lowest BCUT2D eigenvalue weighted by Crippen LogP contribution is -2.34. The van der Waals surface area contributed by atoms with Gasteiger partial charge in [0.05, 0.1) is 6.61 Å². The minimum atomic E-state index is 0.601. The molecule has 0 N–H and O–H groups in total. The van der Waals surface area contributed by atoms with Gasteiger partial charge in [-0.05, 0) is 53.6 Å². The maximum atomic E-state index is 5.18. The van der Waals surface area contributed by atoms with Crippen molar-refractivity contribution in [2.24, 2.45) is 0 Å². The molecule has 0 aliphatic rings. The highest BCUT2D eigenvalue weighted by molar-refractivity contribution is 14.1. The molecule has 0 aromatic heterocycles. The van der Waals surface area contributed by atoms with Crippen molar-refractivity contribution in [3.05, 3.63) is 33.4 Å². The van der Waals surface area contributed by atoms with Crippen molar-refractivity contribution in [3.63, 3.8) is 0 Å². The topological polar surface area (TPSA) is 12.5 Å². The Hall–Kier alpha value is -0.130. The predicted molar refractivity (Wildman–Crippen MR) is 81.2 cm³/mol. The minimum absolute atomic E-state index is 0.601. The third-order valence-electron chi connectivity index (χ3n) is 3.10. The Bertz CT molecular complexity index is 313. The van der Waals surface area contributed by atoms with Crippen molar-refractivity contribution < 1.29 is 4.74 Å². The largest absolute Gasteiger partial charge is 0.383 e. The fourth-order valence-corrected chi connectivity index (χ4v) is 2.11. The maximum absolute atomic E-state index is 5.18. The average molecular weight is 347 g/mol. The molecule has 1 atom stereocenters. The summed E-state index contributed by atoms with van der Waals surface area (Å²) in [6, 6.07) is 9.36. The van der Waals surface area contributed by atoms with Gasteiger partial charge in [-0.15, -0.1) is 0 Å². The van der Waals surface area contributed by atoms with Crippen LogP contribution in [0.25, 0.3) is 0 Å². The average Bonchev–Trinajstić information content (AvgIpc) is 2.36. The van der Waals surface area contributed by atoms with Gasteiger partial charge in [0.25, 0.3) is 0 Å². The van der Waals surface area contributed by atoms with Crippen molar-refractivity contribution in [2.75, 3.05) is 20.3 Å². The number of methoxy groups -OCH3 is 1. The number of benzene rings is 1. The highest BCUT2D eigenvalue weighted by atomic mass is 127. The van der Waals surface area contributed by atoms with Gasteiger partial charge in [0.2, 0.25) is 0 Å². The van der Waals surface area contributed by atoms with E-state index in [0.29, 0.717) is 6.04 Å². The Labute approximate surface area is 118 Å². The van der Waals surface area contributed by atoms with E-state index in [1.165, 1.54) is 15.6 Å². The minimum Gasteiger partial charge on any atom is -0.383 e. The lowest BCUT2D eigenvalue weighted by molar-refractivity contribution is 0.118. The van der Waals surface area contributed by atoms with E-state index in [9.17, 15) is 0 Å². The van der Waals surface area contributed by atoms with Crippen LogP contribution in [0.15, 0.2) is 24.3 Å². The summed E-state index contributed by atoms with van der Waals surface area (Å²) in [5, 5.41) is 0. The predicted octanol–water partition coefficient (Wildman–Crippen LogP) is 3.54. The third kappa shape index (κ3) is 5.36. The van der Waals surface area contributed by atoms with Crippen LogP contribution in [-0.2, 0) is 11.3 Å². The molecule has 2 nitrogen and oxygen atoms in total. The number of hydrogen-bond acceptors (Lipinski definition) is 2.